The van der Waals surface area contributed by atoms with Crippen molar-refractivity contribution in [2.24, 2.45) is 0 Å². The standard InChI is InChI=1S/C13H14F3NO3/c1-2-7-20-12(19)9-3-5-10(6-4-9)17-11(18)8-13(14,15)16/h3-6H,2,7-8H2,1H3,(H,17,18). The van der Waals surface area contributed by atoms with Crippen molar-refractivity contribution < 1.29 is 27.5 Å². The summed E-state index contributed by atoms with van der Waals surface area (Å²) in [6, 6.07) is 5.44. The first kappa shape index (κ1) is 16.0. The summed E-state index contributed by atoms with van der Waals surface area (Å²) in [5.41, 5.74) is 0.457. The van der Waals surface area contributed by atoms with E-state index in [4.69, 9.17) is 4.74 Å². The molecule has 0 unspecified atom stereocenters. The number of carbonyl (C=O) groups is 2. The van der Waals surface area contributed by atoms with Crippen molar-refractivity contribution in [3.8, 4) is 0 Å². The van der Waals surface area contributed by atoms with Gasteiger partial charge in [0.2, 0.25) is 5.91 Å². The molecular formula is C13H14F3NO3. The van der Waals surface area contributed by atoms with Crippen LogP contribution in [0.15, 0.2) is 24.3 Å². The van der Waals surface area contributed by atoms with Gasteiger partial charge in [0.25, 0.3) is 0 Å². The molecule has 0 atom stereocenters. The number of nitrogens with one attached hydrogen (secondary N) is 1. The van der Waals surface area contributed by atoms with Crippen molar-refractivity contribution >= 4 is 17.6 Å². The van der Waals surface area contributed by atoms with Gasteiger partial charge in [-0.15, -0.1) is 0 Å². The van der Waals surface area contributed by atoms with Crippen molar-refractivity contribution in [3.05, 3.63) is 29.8 Å². The third kappa shape index (κ3) is 5.73. The number of benzene rings is 1. The SMILES string of the molecule is CCCOC(=O)c1ccc(NC(=O)CC(F)(F)F)cc1. The highest BCUT2D eigenvalue weighted by Crippen LogP contribution is 2.20. The van der Waals surface area contributed by atoms with Gasteiger partial charge in [0, 0.05) is 5.69 Å². The van der Waals surface area contributed by atoms with Crippen LogP contribution in [0.1, 0.15) is 30.1 Å². The van der Waals surface area contributed by atoms with Gasteiger partial charge in [0.15, 0.2) is 0 Å². The van der Waals surface area contributed by atoms with E-state index in [9.17, 15) is 22.8 Å². The molecule has 0 heterocycles. The van der Waals surface area contributed by atoms with Gasteiger partial charge < -0.3 is 10.1 Å². The first-order valence-corrected chi connectivity index (χ1v) is 5.95. The molecule has 0 spiro atoms. The largest absolute Gasteiger partial charge is 0.462 e. The maximum absolute atomic E-state index is 12.0. The minimum atomic E-state index is -4.55. The van der Waals surface area contributed by atoms with Crippen LogP contribution in [-0.4, -0.2) is 24.7 Å². The Balaban J connectivity index is 2.58. The van der Waals surface area contributed by atoms with Crippen LogP contribution in [0.5, 0.6) is 0 Å². The van der Waals surface area contributed by atoms with E-state index >= 15 is 0 Å². The number of amides is 1. The summed E-state index contributed by atoms with van der Waals surface area (Å²) in [5.74, 6) is -1.67. The normalized spacial score (nSPS) is 11.0. The molecule has 1 rings (SSSR count). The molecule has 110 valence electrons. The maximum atomic E-state index is 12.0. The first-order valence-electron chi connectivity index (χ1n) is 5.95. The summed E-state index contributed by atoms with van der Waals surface area (Å²) in [4.78, 5) is 22.5. The van der Waals surface area contributed by atoms with Gasteiger partial charge in [0.1, 0.15) is 6.42 Å². The van der Waals surface area contributed by atoms with E-state index in [2.05, 4.69) is 5.32 Å². The minimum Gasteiger partial charge on any atom is -0.462 e. The molecule has 0 aliphatic heterocycles. The minimum absolute atomic E-state index is 0.186. The molecule has 1 N–H and O–H groups in total. The Morgan fingerprint density at radius 1 is 1.20 bits per heavy atom. The fraction of sp³-hybridized carbons (Fsp3) is 0.385. The number of anilines is 1. The second kappa shape index (κ2) is 6.93. The van der Waals surface area contributed by atoms with Crippen LogP contribution in [0.4, 0.5) is 18.9 Å². The molecule has 0 aliphatic carbocycles. The summed E-state index contributed by atoms with van der Waals surface area (Å²) in [6.07, 6.45) is -5.40. The predicted molar refractivity (Wildman–Crippen MR) is 66.3 cm³/mol. The molecule has 0 fully saturated rings. The zero-order valence-corrected chi connectivity index (χ0v) is 10.8. The highest BCUT2D eigenvalue weighted by Gasteiger charge is 2.31. The van der Waals surface area contributed by atoms with Crippen molar-refractivity contribution in [2.45, 2.75) is 25.9 Å². The highest BCUT2D eigenvalue weighted by atomic mass is 19.4. The van der Waals surface area contributed by atoms with Crippen LogP contribution < -0.4 is 5.32 Å². The summed E-state index contributed by atoms with van der Waals surface area (Å²) < 4.78 is 40.8. The van der Waals surface area contributed by atoms with E-state index < -0.39 is 24.5 Å². The molecule has 0 bridgehead atoms. The third-order valence-electron chi connectivity index (χ3n) is 2.20. The average Bonchev–Trinajstić information content (AvgIpc) is 2.34. The third-order valence-corrected chi connectivity index (χ3v) is 2.20. The van der Waals surface area contributed by atoms with Crippen molar-refractivity contribution in [1.82, 2.24) is 0 Å². The number of rotatable bonds is 5. The quantitative estimate of drug-likeness (QED) is 0.847. The fourth-order valence-corrected chi connectivity index (χ4v) is 1.35. The monoisotopic (exact) mass is 289 g/mol. The molecule has 0 aliphatic rings. The number of carbonyl (C=O) groups excluding carboxylic acids is 2. The number of hydrogen-bond donors (Lipinski definition) is 1. The molecule has 0 radical (unpaired) electrons. The average molecular weight is 289 g/mol. The summed E-state index contributed by atoms with van der Waals surface area (Å²) in [5, 5.41) is 2.10. The molecule has 1 aromatic carbocycles. The Hall–Kier alpha value is -2.05. The van der Waals surface area contributed by atoms with Gasteiger partial charge in [-0.05, 0) is 30.7 Å². The Labute approximate surface area is 113 Å². The fourth-order valence-electron chi connectivity index (χ4n) is 1.35. The van der Waals surface area contributed by atoms with Crippen molar-refractivity contribution in [2.75, 3.05) is 11.9 Å². The van der Waals surface area contributed by atoms with Gasteiger partial charge in [-0.25, -0.2) is 4.79 Å². The van der Waals surface area contributed by atoms with Crippen LogP contribution in [0, 0.1) is 0 Å². The lowest BCUT2D eigenvalue weighted by Crippen LogP contribution is -2.21. The lowest BCUT2D eigenvalue weighted by atomic mass is 10.2. The Bertz CT molecular complexity index is 469. The summed E-state index contributed by atoms with van der Waals surface area (Å²) >= 11 is 0. The van der Waals surface area contributed by atoms with Gasteiger partial charge >= 0.3 is 12.1 Å². The number of ether oxygens (including phenoxy) is 1. The number of alkyl halides is 3. The van der Waals surface area contributed by atoms with E-state index in [1.165, 1.54) is 24.3 Å². The van der Waals surface area contributed by atoms with E-state index in [1.54, 1.807) is 0 Å². The van der Waals surface area contributed by atoms with Crippen LogP contribution in [0.2, 0.25) is 0 Å². The number of hydrogen-bond acceptors (Lipinski definition) is 3. The van der Waals surface area contributed by atoms with Crippen molar-refractivity contribution in [3.63, 3.8) is 0 Å². The molecule has 7 heteroatoms. The number of esters is 1. The first-order chi connectivity index (χ1) is 9.31. The zero-order valence-electron chi connectivity index (χ0n) is 10.8. The van der Waals surface area contributed by atoms with Gasteiger partial charge in [-0.1, -0.05) is 6.92 Å². The molecule has 0 saturated carbocycles. The predicted octanol–water partition coefficient (Wildman–Crippen LogP) is 3.14. The molecular weight excluding hydrogens is 275 g/mol. The van der Waals surface area contributed by atoms with Crippen LogP contribution in [-0.2, 0) is 9.53 Å². The molecule has 4 nitrogen and oxygen atoms in total. The van der Waals surface area contributed by atoms with Crippen LogP contribution >= 0.6 is 0 Å². The molecule has 1 amide bonds. The topological polar surface area (TPSA) is 55.4 Å². The maximum Gasteiger partial charge on any atom is 0.397 e. The lowest BCUT2D eigenvalue weighted by molar-refractivity contribution is -0.150. The molecule has 20 heavy (non-hydrogen) atoms. The molecule has 0 saturated heterocycles. The van der Waals surface area contributed by atoms with Gasteiger partial charge in [-0.2, -0.15) is 13.2 Å². The summed E-state index contributed by atoms with van der Waals surface area (Å²) in [7, 11) is 0. The van der Waals surface area contributed by atoms with E-state index in [-0.39, 0.29) is 11.3 Å². The Morgan fingerprint density at radius 3 is 2.30 bits per heavy atom. The van der Waals surface area contributed by atoms with Gasteiger partial charge in [0.05, 0.1) is 12.2 Å². The smallest absolute Gasteiger partial charge is 0.397 e. The Kier molecular flexibility index (Phi) is 5.54. The summed E-state index contributed by atoms with van der Waals surface area (Å²) in [6.45, 7) is 2.15. The highest BCUT2D eigenvalue weighted by molar-refractivity contribution is 5.93. The van der Waals surface area contributed by atoms with E-state index in [1.807, 2.05) is 6.92 Å². The number of halogens is 3. The van der Waals surface area contributed by atoms with Crippen LogP contribution in [0.3, 0.4) is 0 Å². The van der Waals surface area contributed by atoms with E-state index in [0.29, 0.717) is 13.0 Å². The molecule has 0 aromatic heterocycles. The van der Waals surface area contributed by atoms with E-state index in [0.717, 1.165) is 0 Å². The Morgan fingerprint density at radius 2 is 1.80 bits per heavy atom. The zero-order chi connectivity index (χ0) is 15.2. The van der Waals surface area contributed by atoms with Crippen LogP contribution in [0.25, 0.3) is 0 Å². The van der Waals surface area contributed by atoms with Crippen molar-refractivity contribution in [1.29, 1.82) is 0 Å². The second-order valence-corrected chi connectivity index (χ2v) is 4.05. The molecule has 1 aromatic rings. The lowest BCUT2D eigenvalue weighted by Gasteiger charge is -2.08. The van der Waals surface area contributed by atoms with Gasteiger partial charge in [-0.3, -0.25) is 4.79 Å². The second-order valence-electron chi connectivity index (χ2n) is 4.05.